The monoisotopic (exact) mass is 299 g/mol. The van der Waals surface area contributed by atoms with E-state index in [9.17, 15) is 4.79 Å². The predicted molar refractivity (Wildman–Crippen MR) is 47.5 cm³/mol. The fourth-order valence-corrected chi connectivity index (χ4v) is 1.08. The van der Waals surface area contributed by atoms with E-state index in [4.69, 9.17) is 0 Å². The maximum atomic E-state index is 10.7. The highest BCUT2D eigenvalue weighted by Crippen LogP contribution is 2.12. The zero-order chi connectivity index (χ0) is 6.85. The van der Waals surface area contributed by atoms with Crippen LogP contribution in [0.2, 0.25) is 0 Å². The molecule has 2 nitrogen and oxygen atoms in total. The number of aromatic nitrogens is 1. The molecule has 0 unspecified atom stereocenters. The van der Waals surface area contributed by atoms with Crippen molar-refractivity contribution in [2.24, 2.45) is 0 Å². The van der Waals surface area contributed by atoms with Gasteiger partial charge in [-0.2, -0.15) is 0 Å². The first-order valence-corrected chi connectivity index (χ1v) is 4.11. The highest BCUT2D eigenvalue weighted by Gasteiger charge is 1.96. The molecule has 0 bridgehead atoms. The van der Waals surface area contributed by atoms with Crippen LogP contribution < -0.4 is 5.56 Å². The largest absolute Gasteiger partial charge is 0.328 e. The van der Waals surface area contributed by atoms with Crippen LogP contribution in [0.4, 0.5) is 0 Å². The molecule has 0 atom stereocenters. The Balaban J connectivity index is 3.43. The third-order valence-corrected chi connectivity index (χ3v) is 3.33. The van der Waals surface area contributed by atoms with Crippen LogP contribution in [0.15, 0.2) is 21.5 Å². The standard InChI is InChI=1S/C5H3BrINO/c6-3-1-2-8-5(9)4(3)7/h1-2H,(H,8,9). The lowest BCUT2D eigenvalue weighted by molar-refractivity contribution is 1.20. The first-order valence-electron chi connectivity index (χ1n) is 2.24. The molecule has 1 aromatic rings. The van der Waals surface area contributed by atoms with Crippen LogP contribution in [0.3, 0.4) is 0 Å². The van der Waals surface area contributed by atoms with Crippen LogP contribution >= 0.6 is 38.5 Å². The molecule has 0 saturated carbocycles. The van der Waals surface area contributed by atoms with E-state index in [0.29, 0.717) is 3.57 Å². The molecule has 9 heavy (non-hydrogen) atoms. The molecule has 0 aliphatic heterocycles. The molecule has 4 heteroatoms. The summed E-state index contributed by atoms with van der Waals surface area (Å²) in [6.07, 6.45) is 1.61. The zero-order valence-corrected chi connectivity index (χ0v) is 8.06. The van der Waals surface area contributed by atoms with Crippen molar-refractivity contribution in [3.63, 3.8) is 0 Å². The average molecular weight is 300 g/mol. The Morgan fingerprint density at radius 1 is 1.67 bits per heavy atom. The van der Waals surface area contributed by atoms with E-state index in [0.717, 1.165) is 4.47 Å². The molecule has 48 valence electrons. The van der Waals surface area contributed by atoms with Crippen molar-refractivity contribution in [3.05, 3.63) is 30.7 Å². The van der Waals surface area contributed by atoms with E-state index in [1.54, 1.807) is 12.3 Å². The Bertz CT molecular complexity index is 270. The summed E-state index contributed by atoms with van der Waals surface area (Å²) in [7, 11) is 0. The lowest BCUT2D eigenvalue weighted by atomic mass is 10.5. The molecule has 1 N–H and O–H groups in total. The first kappa shape index (κ1) is 7.27. The third kappa shape index (κ3) is 1.54. The molecule has 0 aromatic carbocycles. The highest BCUT2D eigenvalue weighted by atomic mass is 127. The SMILES string of the molecule is O=c1[nH]ccc(Br)c1I. The normalized spacial score (nSPS) is 9.56. The van der Waals surface area contributed by atoms with Crippen LogP contribution in [0.5, 0.6) is 0 Å². The molecule has 1 aromatic heterocycles. The maximum absolute atomic E-state index is 10.7. The summed E-state index contributed by atoms with van der Waals surface area (Å²) < 4.78 is 1.53. The van der Waals surface area contributed by atoms with E-state index < -0.39 is 0 Å². The molecule has 0 spiro atoms. The zero-order valence-electron chi connectivity index (χ0n) is 4.32. The topological polar surface area (TPSA) is 32.9 Å². The van der Waals surface area contributed by atoms with Crippen LogP contribution in [0.25, 0.3) is 0 Å². The summed E-state index contributed by atoms with van der Waals surface area (Å²) in [6, 6.07) is 1.79. The minimum atomic E-state index is -0.0509. The van der Waals surface area contributed by atoms with Gasteiger partial charge >= 0.3 is 0 Å². The lowest BCUT2D eigenvalue weighted by Crippen LogP contribution is -2.07. The van der Waals surface area contributed by atoms with Crippen molar-refractivity contribution in [2.45, 2.75) is 0 Å². The van der Waals surface area contributed by atoms with Gasteiger partial charge in [0.05, 0.1) is 3.57 Å². The van der Waals surface area contributed by atoms with Gasteiger partial charge in [0.1, 0.15) is 0 Å². The molecule has 0 fully saturated rings. The van der Waals surface area contributed by atoms with Gasteiger partial charge in [-0.3, -0.25) is 4.79 Å². The summed E-state index contributed by atoms with van der Waals surface area (Å²) in [5.74, 6) is 0. The number of aromatic amines is 1. The van der Waals surface area contributed by atoms with Gasteiger partial charge in [0.25, 0.3) is 5.56 Å². The fourth-order valence-electron chi connectivity index (χ4n) is 0.436. The van der Waals surface area contributed by atoms with Gasteiger partial charge in [-0.05, 0) is 44.6 Å². The Labute approximate surface area is 73.9 Å². The minimum absolute atomic E-state index is 0.0509. The fraction of sp³-hybridized carbons (Fsp3) is 0. The van der Waals surface area contributed by atoms with E-state index in [-0.39, 0.29) is 5.56 Å². The molecule has 0 amide bonds. The summed E-state index contributed by atoms with van der Waals surface area (Å²) >= 11 is 5.20. The van der Waals surface area contributed by atoms with Crippen molar-refractivity contribution in [1.82, 2.24) is 4.98 Å². The third-order valence-electron chi connectivity index (χ3n) is 0.853. The molecular formula is C5H3BrINO. The van der Waals surface area contributed by atoms with E-state index in [1.807, 2.05) is 22.6 Å². The predicted octanol–water partition coefficient (Wildman–Crippen LogP) is 1.74. The van der Waals surface area contributed by atoms with Crippen molar-refractivity contribution in [2.75, 3.05) is 0 Å². The van der Waals surface area contributed by atoms with Gasteiger partial charge in [0.15, 0.2) is 0 Å². The Hall–Kier alpha value is 0.160. The molecule has 0 aliphatic rings. The second kappa shape index (κ2) is 2.83. The van der Waals surface area contributed by atoms with Crippen LogP contribution in [0, 0.1) is 3.57 Å². The number of halogens is 2. The second-order valence-electron chi connectivity index (χ2n) is 1.47. The maximum Gasteiger partial charge on any atom is 0.262 e. The summed E-state index contributed by atoms with van der Waals surface area (Å²) in [5.41, 5.74) is -0.0509. The molecular weight excluding hydrogens is 297 g/mol. The van der Waals surface area contributed by atoms with E-state index in [2.05, 4.69) is 20.9 Å². The number of hydrogen-bond acceptors (Lipinski definition) is 1. The second-order valence-corrected chi connectivity index (χ2v) is 3.40. The highest BCUT2D eigenvalue weighted by molar-refractivity contribution is 14.1. The summed E-state index contributed by atoms with van der Waals surface area (Å²) in [4.78, 5) is 13.3. The van der Waals surface area contributed by atoms with Gasteiger partial charge in [-0.25, -0.2) is 0 Å². The molecule has 1 rings (SSSR count). The summed E-state index contributed by atoms with van der Waals surface area (Å²) in [5, 5.41) is 0. The van der Waals surface area contributed by atoms with Gasteiger partial charge in [-0.1, -0.05) is 0 Å². The lowest BCUT2D eigenvalue weighted by Gasteiger charge is -1.89. The van der Waals surface area contributed by atoms with Crippen LogP contribution in [-0.4, -0.2) is 4.98 Å². The van der Waals surface area contributed by atoms with Crippen molar-refractivity contribution < 1.29 is 0 Å². The number of pyridine rings is 1. The molecule has 0 radical (unpaired) electrons. The van der Waals surface area contributed by atoms with Gasteiger partial charge in [-0.15, -0.1) is 0 Å². The average Bonchev–Trinajstić information content (AvgIpc) is 1.83. The van der Waals surface area contributed by atoms with Gasteiger partial charge < -0.3 is 4.98 Å². The number of H-pyrrole nitrogens is 1. The van der Waals surface area contributed by atoms with Crippen molar-refractivity contribution >= 4 is 38.5 Å². The first-order chi connectivity index (χ1) is 4.22. The van der Waals surface area contributed by atoms with Crippen molar-refractivity contribution in [1.29, 1.82) is 0 Å². The number of nitrogens with one attached hydrogen (secondary N) is 1. The molecule has 1 heterocycles. The van der Waals surface area contributed by atoms with Gasteiger partial charge in [0, 0.05) is 10.7 Å². The Morgan fingerprint density at radius 2 is 2.33 bits per heavy atom. The molecule has 0 saturated heterocycles. The smallest absolute Gasteiger partial charge is 0.262 e. The van der Waals surface area contributed by atoms with E-state index >= 15 is 0 Å². The van der Waals surface area contributed by atoms with Crippen molar-refractivity contribution in [3.8, 4) is 0 Å². The minimum Gasteiger partial charge on any atom is -0.328 e. The number of hydrogen-bond donors (Lipinski definition) is 1. The van der Waals surface area contributed by atoms with E-state index in [1.165, 1.54) is 0 Å². The molecule has 0 aliphatic carbocycles. The Kier molecular flexibility index (Phi) is 2.29. The van der Waals surface area contributed by atoms with Gasteiger partial charge in [0.2, 0.25) is 0 Å². The van der Waals surface area contributed by atoms with Crippen LogP contribution in [0.1, 0.15) is 0 Å². The van der Waals surface area contributed by atoms with Crippen LogP contribution in [-0.2, 0) is 0 Å². The summed E-state index contributed by atoms with van der Waals surface area (Å²) in [6.45, 7) is 0. The Morgan fingerprint density at radius 3 is 2.78 bits per heavy atom. The quantitative estimate of drug-likeness (QED) is 0.727. The number of rotatable bonds is 0.